The lowest BCUT2D eigenvalue weighted by molar-refractivity contribution is 0.0862. The molecule has 0 aromatic heterocycles. The van der Waals surface area contributed by atoms with E-state index in [4.69, 9.17) is 0 Å². The minimum atomic E-state index is -0.399. The molecule has 1 aliphatic rings. The highest BCUT2D eigenvalue weighted by Crippen LogP contribution is 2.20. The van der Waals surface area contributed by atoms with Crippen LogP contribution < -0.4 is 10.6 Å². The van der Waals surface area contributed by atoms with Gasteiger partial charge in [0, 0.05) is 23.2 Å². The average Bonchev–Trinajstić information content (AvgIpc) is 2.64. The molecule has 1 fully saturated rings. The predicted octanol–water partition coefficient (Wildman–Crippen LogP) is 3.44. The first-order valence-corrected chi connectivity index (χ1v) is 8.66. The molecule has 2 amide bonds. The van der Waals surface area contributed by atoms with Gasteiger partial charge >= 0.3 is 0 Å². The van der Waals surface area contributed by atoms with E-state index in [-0.39, 0.29) is 23.9 Å². The number of hydrogen-bond acceptors (Lipinski definition) is 2. The molecular formula is C20H20F2N2O2. The summed E-state index contributed by atoms with van der Waals surface area (Å²) in [6, 6.07) is 10.3. The Bertz CT molecular complexity index is 708. The van der Waals surface area contributed by atoms with Crippen molar-refractivity contribution in [2.45, 2.75) is 37.8 Å². The first-order chi connectivity index (χ1) is 12.5. The van der Waals surface area contributed by atoms with E-state index >= 15 is 0 Å². The third-order valence-corrected chi connectivity index (χ3v) is 4.61. The number of rotatable bonds is 4. The fourth-order valence-corrected chi connectivity index (χ4v) is 3.18. The van der Waals surface area contributed by atoms with E-state index in [0.29, 0.717) is 11.1 Å². The summed E-state index contributed by atoms with van der Waals surface area (Å²) in [7, 11) is 0. The molecule has 136 valence electrons. The van der Waals surface area contributed by atoms with E-state index < -0.39 is 11.6 Å². The highest BCUT2D eigenvalue weighted by atomic mass is 19.1. The van der Waals surface area contributed by atoms with Crippen LogP contribution in [0.5, 0.6) is 0 Å². The molecule has 6 heteroatoms. The Morgan fingerprint density at radius 2 is 1.04 bits per heavy atom. The maximum atomic E-state index is 13.0. The molecule has 26 heavy (non-hydrogen) atoms. The van der Waals surface area contributed by atoms with E-state index in [1.807, 2.05) is 0 Å². The average molecular weight is 358 g/mol. The van der Waals surface area contributed by atoms with Gasteiger partial charge in [-0.1, -0.05) is 12.8 Å². The van der Waals surface area contributed by atoms with Crippen LogP contribution in [-0.4, -0.2) is 23.9 Å². The second-order valence-electron chi connectivity index (χ2n) is 6.46. The maximum Gasteiger partial charge on any atom is 0.251 e. The number of hydrogen-bond donors (Lipinski definition) is 2. The van der Waals surface area contributed by atoms with Crippen molar-refractivity contribution in [1.29, 1.82) is 0 Å². The van der Waals surface area contributed by atoms with Crippen molar-refractivity contribution >= 4 is 11.8 Å². The minimum absolute atomic E-state index is 0.203. The zero-order valence-corrected chi connectivity index (χ0v) is 14.2. The first-order valence-electron chi connectivity index (χ1n) is 8.66. The number of amides is 2. The highest BCUT2D eigenvalue weighted by molar-refractivity contribution is 5.95. The summed E-state index contributed by atoms with van der Waals surface area (Å²) in [4.78, 5) is 24.8. The summed E-state index contributed by atoms with van der Waals surface area (Å²) in [5, 5.41) is 5.87. The van der Waals surface area contributed by atoms with E-state index in [1.54, 1.807) is 0 Å². The summed E-state index contributed by atoms with van der Waals surface area (Å²) < 4.78 is 26.0. The van der Waals surface area contributed by atoms with Crippen molar-refractivity contribution in [1.82, 2.24) is 10.6 Å². The summed E-state index contributed by atoms with van der Waals surface area (Å²) in [5.74, 6) is -1.39. The van der Waals surface area contributed by atoms with Gasteiger partial charge in [-0.3, -0.25) is 9.59 Å². The number of halogens is 2. The van der Waals surface area contributed by atoms with Gasteiger partial charge in [-0.05, 0) is 61.4 Å². The normalized spacial score (nSPS) is 19.6. The molecular weight excluding hydrogens is 338 g/mol. The van der Waals surface area contributed by atoms with Gasteiger partial charge in [0.2, 0.25) is 0 Å². The molecule has 1 saturated carbocycles. The van der Waals surface area contributed by atoms with E-state index in [1.165, 1.54) is 48.5 Å². The van der Waals surface area contributed by atoms with Crippen molar-refractivity contribution in [3.8, 4) is 0 Å². The highest BCUT2D eigenvalue weighted by Gasteiger charge is 2.28. The molecule has 0 spiro atoms. The number of benzene rings is 2. The molecule has 0 aliphatic heterocycles. The third kappa shape index (κ3) is 4.45. The van der Waals surface area contributed by atoms with Crippen molar-refractivity contribution in [3.05, 3.63) is 71.3 Å². The first kappa shape index (κ1) is 18.0. The topological polar surface area (TPSA) is 58.2 Å². The van der Waals surface area contributed by atoms with Crippen LogP contribution in [0.15, 0.2) is 48.5 Å². The molecule has 0 saturated heterocycles. The fraction of sp³-hybridized carbons (Fsp3) is 0.300. The Hall–Kier alpha value is -2.76. The summed E-state index contributed by atoms with van der Waals surface area (Å²) >= 11 is 0. The molecule has 0 unspecified atom stereocenters. The van der Waals surface area contributed by atoms with Gasteiger partial charge in [-0.2, -0.15) is 0 Å². The summed E-state index contributed by atoms with van der Waals surface area (Å²) in [5.41, 5.74) is 0.751. The Morgan fingerprint density at radius 1 is 0.692 bits per heavy atom. The zero-order valence-electron chi connectivity index (χ0n) is 14.2. The van der Waals surface area contributed by atoms with Gasteiger partial charge in [0.15, 0.2) is 0 Å². The summed E-state index contributed by atoms with van der Waals surface area (Å²) in [6.07, 6.45) is 3.41. The number of carbonyl (C=O) groups excluding carboxylic acids is 2. The molecule has 3 rings (SSSR count). The van der Waals surface area contributed by atoms with Crippen molar-refractivity contribution in [2.75, 3.05) is 0 Å². The number of nitrogens with one attached hydrogen (secondary N) is 2. The molecule has 0 heterocycles. The Morgan fingerprint density at radius 3 is 1.38 bits per heavy atom. The maximum absolute atomic E-state index is 13.0. The largest absolute Gasteiger partial charge is 0.347 e. The van der Waals surface area contributed by atoms with Crippen LogP contribution >= 0.6 is 0 Å². The van der Waals surface area contributed by atoms with Gasteiger partial charge in [0.25, 0.3) is 11.8 Å². The lowest BCUT2D eigenvalue weighted by Gasteiger charge is -2.32. The Balaban J connectivity index is 1.65. The monoisotopic (exact) mass is 358 g/mol. The quantitative estimate of drug-likeness (QED) is 0.880. The second kappa shape index (κ2) is 8.08. The number of carbonyl (C=O) groups is 2. The van der Waals surface area contributed by atoms with Gasteiger partial charge in [-0.15, -0.1) is 0 Å². The smallest absolute Gasteiger partial charge is 0.251 e. The van der Waals surface area contributed by atoms with E-state index in [9.17, 15) is 18.4 Å². The SMILES string of the molecule is O=C(N[C@H]1CCCC[C@H]1NC(=O)c1ccc(F)cc1)c1ccc(F)cc1. The molecule has 4 nitrogen and oxygen atoms in total. The minimum Gasteiger partial charge on any atom is -0.347 e. The Kier molecular flexibility index (Phi) is 5.61. The van der Waals surface area contributed by atoms with E-state index in [2.05, 4.69) is 10.6 Å². The zero-order chi connectivity index (χ0) is 18.5. The van der Waals surface area contributed by atoms with Gasteiger partial charge in [-0.25, -0.2) is 8.78 Å². The van der Waals surface area contributed by atoms with Crippen LogP contribution in [0.4, 0.5) is 8.78 Å². The van der Waals surface area contributed by atoms with Crippen LogP contribution in [0, 0.1) is 11.6 Å². The van der Waals surface area contributed by atoms with Gasteiger partial charge in [0.05, 0.1) is 0 Å². The van der Waals surface area contributed by atoms with Crippen molar-refractivity contribution in [2.24, 2.45) is 0 Å². The van der Waals surface area contributed by atoms with Crippen LogP contribution in [0.1, 0.15) is 46.4 Å². The van der Waals surface area contributed by atoms with Crippen LogP contribution in [0.2, 0.25) is 0 Å². The fourth-order valence-electron chi connectivity index (χ4n) is 3.18. The molecule has 2 atom stereocenters. The van der Waals surface area contributed by atoms with E-state index in [0.717, 1.165) is 25.7 Å². The standard InChI is InChI=1S/C20H20F2N2O2/c21-15-9-5-13(6-10-15)19(25)23-17-3-1-2-4-18(17)24-20(26)14-7-11-16(22)12-8-14/h5-12,17-18H,1-4H2,(H,23,25)(H,24,26)/t17-,18+. The van der Waals surface area contributed by atoms with Crippen LogP contribution in [-0.2, 0) is 0 Å². The third-order valence-electron chi connectivity index (χ3n) is 4.61. The molecule has 1 aliphatic carbocycles. The molecule has 0 bridgehead atoms. The van der Waals surface area contributed by atoms with Crippen LogP contribution in [0.3, 0.4) is 0 Å². The molecule has 2 N–H and O–H groups in total. The molecule has 0 radical (unpaired) electrons. The molecule has 2 aromatic carbocycles. The molecule has 2 aromatic rings. The van der Waals surface area contributed by atoms with Crippen molar-refractivity contribution in [3.63, 3.8) is 0 Å². The van der Waals surface area contributed by atoms with Gasteiger partial charge < -0.3 is 10.6 Å². The second-order valence-corrected chi connectivity index (χ2v) is 6.46. The predicted molar refractivity (Wildman–Crippen MR) is 93.8 cm³/mol. The summed E-state index contributed by atoms with van der Waals surface area (Å²) in [6.45, 7) is 0. The van der Waals surface area contributed by atoms with Crippen LogP contribution in [0.25, 0.3) is 0 Å². The lowest BCUT2D eigenvalue weighted by Crippen LogP contribution is -2.53. The Labute approximate surface area is 150 Å². The van der Waals surface area contributed by atoms with Crippen molar-refractivity contribution < 1.29 is 18.4 Å². The lowest BCUT2D eigenvalue weighted by atomic mass is 9.89. The van der Waals surface area contributed by atoms with Gasteiger partial charge in [0.1, 0.15) is 11.6 Å².